The number of rotatable bonds is 7. The zero-order valence-electron chi connectivity index (χ0n) is 11.7. The molecule has 2 N–H and O–H groups in total. The standard InChI is InChI=1S/C15H15N3O2S2/c19-14(17-12-5-2-1-3-6-12)10-21-11-15(20)18-16-9-13-7-4-8-22-13/h1-9H,10-11H2,(H,17,19)(H,18,20)/b16-9-. The monoisotopic (exact) mass is 333 g/mol. The van der Waals surface area contributed by atoms with E-state index in [0.717, 1.165) is 10.6 Å². The Balaban J connectivity index is 1.61. The van der Waals surface area contributed by atoms with Gasteiger partial charge in [-0.25, -0.2) is 5.43 Å². The van der Waals surface area contributed by atoms with E-state index in [9.17, 15) is 9.59 Å². The zero-order chi connectivity index (χ0) is 15.6. The lowest BCUT2D eigenvalue weighted by Crippen LogP contribution is -2.21. The molecular formula is C15H15N3O2S2. The van der Waals surface area contributed by atoms with Crippen LogP contribution in [0.5, 0.6) is 0 Å². The molecule has 0 aliphatic rings. The Bertz CT molecular complexity index is 628. The zero-order valence-corrected chi connectivity index (χ0v) is 13.3. The van der Waals surface area contributed by atoms with E-state index >= 15 is 0 Å². The predicted molar refractivity (Wildman–Crippen MR) is 92.5 cm³/mol. The molecule has 2 rings (SSSR count). The van der Waals surface area contributed by atoms with Gasteiger partial charge in [-0.1, -0.05) is 24.3 Å². The Labute approximate surface area is 136 Å². The average Bonchev–Trinajstić information content (AvgIpc) is 3.01. The summed E-state index contributed by atoms with van der Waals surface area (Å²) < 4.78 is 0. The van der Waals surface area contributed by atoms with E-state index in [-0.39, 0.29) is 23.3 Å². The molecule has 1 heterocycles. The highest BCUT2D eigenvalue weighted by Gasteiger charge is 2.05. The Hall–Kier alpha value is -2.12. The van der Waals surface area contributed by atoms with Crippen molar-refractivity contribution in [3.05, 3.63) is 52.7 Å². The minimum Gasteiger partial charge on any atom is -0.325 e. The van der Waals surface area contributed by atoms with Gasteiger partial charge in [-0.3, -0.25) is 9.59 Å². The second kappa shape index (κ2) is 9.01. The van der Waals surface area contributed by atoms with Crippen LogP contribution in [0.1, 0.15) is 4.88 Å². The maximum atomic E-state index is 11.7. The highest BCUT2D eigenvalue weighted by Crippen LogP contribution is 2.07. The normalized spacial score (nSPS) is 10.5. The van der Waals surface area contributed by atoms with Crippen molar-refractivity contribution >= 4 is 46.8 Å². The number of amides is 2. The largest absolute Gasteiger partial charge is 0.325 e. The lowest BCUT2D eigenvalue weighted by atomic mass is 10.3. The van der Waals surface area contributed by atoms with Gasteiger partial charge in [0.2, 0.25) is 11.8 Å². The molecule has 0 aliphatic heterocycles. The highest BCUT2D eigenvalue weighted by molar-refractivity contribution is 8.00. The van der Waals surface area contributed by atoms with E-state index in [1.165, 1.54) is 23.1 Å². The summed E-state index contributed by atoms with van der Waals surface area (Å²) in [4.78, 5) is 24.2. The van der Waals surface area contributed by atoms with Crippen LogP contribution in [0.4, 0.5) is 5.69 Å². The first-order chi connectivity index (χ1) is 10.7. The first-order valence-corrected chi connectivity index (χ1v) is 8.55. The van der Waals surface area contributed by atoms with Gasteiger partial charge < -0.3 is 5.32 Å². The fraction of sp³-hybridized carbons (Fsp3) is 0.133. The molecule has 5 nitrogen and oxygen atoms in total. The molecule has 0 radical (unpaired) electrons. The quantitative estimate of drug-likeness (QED) is 0.604. The van der Waals surface area contributed by atoms with Gasteiger partial charge in [-0.05, 0) is 23.6 Å². The Morgan fingerprint density at radius 1 is 1.09 bits per heavy atom. The molecule has 0 spiro atoms. The molecule has 0 bridgehead atoms. The number of thiophene rings is 1. The number of anilines is 1. The van der Waals surface area contributed by atoms with E-state index in [1.807, 2.05) is 47.8 Å². The van der Waals surface area contributed by atoms with Crippen LogP contribution >= 0.6 is 23.1 Å². The molecular weight excluding hydrogens is 318 g/mol. The van der Waals surface area contributed by atoms with Crippen molar-refractivity contribution in [1.82, 2.24) is 5.43 Å². The fourth-order valence-electron chi connectivity index (χ4n) is 1.52. The van der Waals surface area contributed by atoms with Gasteiger partial charge >= 0.3 is 0 Å². The smallest absolute Gasteiger partial charge is 0.250 e. The Morgan fingerprint density at radius 2 is 1.86 bits per heavy atom. The summed E-state index contributed by atoms with van der Waals surface area (Å²) in [6.45, 7) is 0. The van der Waals surface area contributed by atoms with E-state index in [2.05, 4.69) is 15.8 Å². The Morgan fingerprint density at radius 3 is 2.59 bits per heavy atom. The summed E-state index contributed by atoms with van der Waals surface area (Å²) in [5, 5.41) is 8.54. The van der Waals surface area contributed by atoms with Gasteiger partial charge in [-0.2, -0.15) is 5.10 Å². The molecule has 7 heteroatoms. The van der Waals surface area contributed by atoms with Crippen LogP contribution in [0, 0.1) is 0 Å². The van der Waals surface area contributed by atoms with E-state index < -0.39 is 0 Å². The van der Waals surface area contributed by atoms with Gasteiger partial charge in [0, 0.05) is 10.6 Å². The SMILES string of the molecule is O=C(CSCC(=O)Nc1ccccc1)N/N=C\c1cccs1. The number of thioether (sulfide) groups is 1. The molecule has 114 valence electrons. The van der Waals surface area contributed by atoms with Crippen LogP contribution in [0.15, 0.2) is 52.9 Å². The summed E-state index contributed by atoms with van der Waals surface area (Å²) >= 11 is 2.78. The number of carbonyl (C=O) groups excluding carboxylic acids is 2. The second-order valence-electron chi connectivity index (χ2n) is 4.22. The molecule has 0 unspecified atom stereocenters. The average molecular weight is 333 g/mol. The topological polar surface area (TPSA) is 70.6 Å². The lowest BCUT2D eigenvalue weighted by molar-refractivity contribution is -0.118. The minimum absolute atomic E-state index is 0.133. The third-order valence-corrected chi connectivity index (χ3v) is 4.19. The van der Waals surface area contributed by atoms with Crippen molar-refractivity contribution in [2.75, 3.05) is 16.8 Å². The molecule has 2 aromatic rings. The second-order valence-corrected chi connectivity index (χ2v) is 6.18. The molecule has 1 aromatic heterocycles. The predicted octanol–water partition coefficient (Wildman–Crippen LogP) is 2.57. The van der Waals surface area contributed by atoms with E-state index in [4.69, 9.17) is 0 Å². The first kappa shape index (κ1) is 16.3. The highest BCUT2D eigenvalue weighted by atomic mass is 32.2. The third kappa shape index (κ3) is 6.11. The number of hydrogen-bond donors (Lipinski definition) is 2. The number of carbonyl (C=O) groups is 2. The number of para-hydroxylation sites is 1. The van der Waals surface area contributed by atoms with Crippen molar-refractivity contribution in [2.45, 2.75) is 0 Å². The number of benzene rings is 1. The van der Waals surface area contributed by atoms with Crippen molar-refractivity contribution in [3.63, 3.8) is 0 Å². The number of hydrogen-bond acceptors (Lipinski definition) is 5. The van der Waals surface area contributed by atoms with Crippen molar-refractivity contribution in [2.24, 2.45) is 5.10 Å². The maximum Gasteiger partial charge on any atom is 0.250 e. The van der Waals surface area contributed by atoms with Crippen molar-refractivity contribution < 1.29 is 9.59 Å². The summed E-state index contributed by atoms with van der Waals surface area (Å²) in [5.74, 6) is 0.0393. The molecule has 22 heavy (non-hydrogen) atoms. The molecule has 0 fully saturated rings. The van der Waals surface area contributed by atoms with Gasteiger partial charge in [0.1, 0.15) is 0 Å². The molecule has 0 saturated carbocycles. The van der Waals surface area contributed by atoms with Crippen LogP contribution in [-0.4, -0.2) is 29.5 Å². The molecule has 0 aliphatic carbocycles. The van der Waals surface area contributed by atoms with Crippen molar-refractivity contribution in [3.8, 4) is 0 Å². The summed E-state index contributed by atoms with van der Waals surface area (Å²) in [5.41, 5.74) is 3.18. The molecule has 0 atom stereocenters. The van der Waals surface area contributed by atoms with Crippen LogP contribution in [0.25, 0.3) is 0 Å². The minimum atomic E-state index is -0.231. The number of nitrogens with one attached hydrogen (secondary N) is 2. The number of nitrogens with zero attached hydrogens (tertiary/aromatic N) is 1. The molecule has 1 aromatic carbocycles. The van der Waals surface area contributed by atoms with E-state index in [1.54, 1.807) is 6.21 Å². The summed E-state index contributed by atoms with van der Waals surface area (Å²) in [6, 6.07) is 13.0. The fourth-order valence-corrected chi connectivity index (χ4v) is 2.71. The van der Waals surface area contributed by atoms with Gasteiger partial charge in [0.05, 0.1) is 17.7 Å². The lowest BCUT2D eigenvalue weighted by Gasteiger charge is -2.04. The van der Waals surface area contributed by atoms with Crippen LogP contribution in [-0.2, 0) is 9.59 Å². The van der Waals surface area contributed by atoms with Crippen LogP contribution in [0.3, 0.4) is 0 Å². The summed E-state index contributed by atoms with van der Waals surface area (Å²) in [6.07, 6.45) is 1.59. The number of hydrazone groups is 1. The third-order valence-electron chi connectivity index (χ3n) is 2.45. The van der Waals surface area contributed by atoms with E-state index in [0.29, 0.717) is 0 Å². The first-order valence-electron chi connectivity index (χ1n) is 6.52. The van der Waals surface area contributed by atoms with Gasteiger partial charge in [0.25, 0.3) is 0 Å². The maximum absolute atomic E-state index is 11.7. The van der Waals surface area contributed by atoms with Crippen molar-refractivity contribution in [1.29, 1.82) is 0 Å². The van der Waals surface area contributed by atoms with Crippen LogP contribution < -0.4 is 10.7 Å². The van der Waals surface area contributed by atoms with Gasteiger partial charge in [0.15, 0.2) is 0 Å². The van der Waals surface area contributed by atoms with Crippen LogP contribution in [0.2, 0.25) is 0 Å². The molecule has 0 saturated heterocycles. The molecule has 2 amide bonds. The Kier molecular flexibility index (Phi) is 6.66. The van der Waals surface area contributed by atoms with Gasteiger partial charge in [-0.15, -0.1) is 23.1 Å². The summed E-state index contributed by atoms with van der Waals surface area (Å²) in [7, 11) is 0.